The molecule has 3 aliphatic heterocycles. The van der Waals surface area contributed by atoms with Crippen molar-refractivity contribution in [2.45, 2.75) is 63.4 Å². The van der Waals surface area contributed by atoms with E-state index in [1.807, 2.05) is 6.92 Å². The molecule has 0 aromatic carbocycles. The fraction of sp³-hybridized carbons (Fsp3) is 0.762. The lowest BCUT2D eigenvalue weighted by molar-refractivity contribution is -0.269. The number of aliphatic hydroxyl groups is 2. The molecule has 1 unspecified atom stereocenters. The molecular formula is C21H25O9P. The fourth-order valence-electron chi connectivity index (χ4n) is 7.96. The van der Waals surface area contributed by atoms with Gasteiger partial charge in [-0.15, -0.1) is 0 Å². The zero-order chi connectivity index (χ0) is 22.2. The van der Waals surface area contributed by atoms with Gasteiger partial charge in [-0.3, -0.25) is 18.9 Å². The van der Waals surface area contributed by atoms with Crippen molar-refractivity contribution in [3.05, 3.63) is 11.6 Å². The summed E-state index contributed by atoms with van der Waals surface area (Å²) in [6, 6.07) is 0. The second kappa shape index (κ2) is 5.64. The predicted octanol–water partition coefficient (Wildman–Crippen LogP) is 1.46. The van der Waals surface area contributed by atoms with Gasteiger partial charge < -0.3 is 10.2 Å². The predicted molar refractivity (Wildman–Crippen MR) is 102 cm³/mol. The van der Waals surface area contributed by atoms with E-state index < -0.39 is 54.5 Å². The average molecular weight is 452 g/mol. The highest BCUT2D eigenvalue weighted by atomic mass is 31.2. The molecular weight excluding hydrogens is 427 g/mol. The highest BCUT2D eigenvalue weighted by Crippen LogP contribution is 2.82. The summed E-state index contributed by atoms with van der Waals surface area (Å²) in [5, 5.41) is 20.7. The first-order valence-corrected chi connectivity index (χ1v) is 12.3. The number of ketones is 3. The Labute approximate surface area is 178 Å². The zero-order valence-corrected chi connectivity index (χ0v) is 18.2. The number of hydrogen-bond acceptors (Lipinski definition) is 9. The van der Waals surface area contributed by atoms with E-state index in [0.717, 1.165) is 5.57 Å². The van der Waals surface area contributed by atoms with Crippen molar-refractivity contribution >= 4 is 25.2 Å². The van der Waals surface area contributed by atoms with Crippen LogP contribution in [0.4, 0.5) is 0 Å². The monoisotopic (exact) mass is 452 g/mol. The van der Waals surface area contributed by atoms with Gasteiger partial charge in [0.25, 0.3) is 0 Å². The number of aliphatic hydroxyl groups excluding tert-OH is 1. The van der Waals surface area contributed by atoms with Gasteiger partial charge >= 0.3 is 7.82 Å². The maximum atomic E-state index is 13.7. The summed E-state index contributed by atoms with van der Waals surface area (Å²) in [6.45, 7) is 2.83. The van der Waals surface area contributed by atoms with Crippen LogP contribution in [-0.2, 0) is 32.5 Å². The molecule has 168 valence electrons. The normalized spacial score (nSPS) is 56.7. The molecule has 2 N–H and O–H groups in total. The first kappa shape index (κ1) is 20.4. The van der Waals surface area contributed by atoms with Crippen LogP contribution in [0.15, 0.2) is 11.6 Å². The standard InChI is InChI=1S/C21H25O9P/c1-18-8-14(24)16-11(12(18)5-6-20(18,26)15(25)9-22)4-3-10-7-13(23)17-21(19(10,16)2)29-31(27,28-17)30-21/h7,11-12,16-17,22,26H,3-6,8-9H2,1-2H3/t11-,12-,16+,17?,18-,19-,20-,21?,31?/m0/s1. The number of phosphoric acid groups is 1. The van der Waals surface area contributed by atoms with Gasteiger partial charge in [0.15, 0.2) is 17.7 Å². The number of Topliss-reactive ketones (excluding diaryl/α,β-unsaturated/α-hetero) is 2. The molecule has 6 fully saturated rings. The maximum Gasteiger partial charge on any atom is 0.481 e. The topological polar surface area (TPSA) is 136 Å². The van der Waals surface area contributed by atoms with Crippen LogP contribution in [-0.4, -0.2) is 51.7 Å². The van der Waals surface area contributed by atoms with Crippen LogP contribution in [0.1, 0.15) is 46.0 Å². The molecule has 2 bridgehead atoms. The van der Waals surface area contributed by atoms with Gasteiger partial charge in [-0.05, 0) is 50.5 Å². The van der Waals surface area contributed by atoms with Crippen LogP contribution < -0.4 is 0 Å². The zero-order valence-electron chi connectivity index (χ0n) is 17.3. The average Bonchev–Trinajstić information content (AvgIpc) is 3.27. The first-order chi connectivity index (χ1) is 14.5. The van der Waals surface area contributed by atoms with Crippen LogP contribution in [0, 0.1) is 28.6 Å². The minimum Gasteiger partial charge on any atom is -0.388 e. The van der Waals surface area contributed by atoms with E-state index in [1.54, 1.807) is 6.92 Å². The highest BCUT2D eigenvalue weighted by Gasteiger charge is 2.84. The van der Waals surface area contributed by atoms with Gasteiger partial charge in [0, 0.05) is 17.8 Å². The van der Waals surface area contributed by atoms with E-state index in [9.17, 15) is 29.2 Å². The van der Waals surface area contributed by atoms with Crippen LogP contribution in [0.25, 0.3) is 0 Å². The number of carbonyl (C=O) groups is 3. The molecule has 3 heterocycles. The second-order valence-electron chi connectivity index (χ2n) is 10.4. The fourth-order valence-corrected chi connectivity index (χ4v) is 9.79. The van der Waals surface area contributed by atoms with Crippen molar-refractivity contribution < 1.29 is 42.7 Å². The second-order valence-corrected chi connectivity index (χ2v) is 11.9. The van der Waals surface area contributed by atoms with Gasteiger partial charge in [-0.25, -0.2) is 13.6 Å². The SMILES string of the molecule is C[C@@]12C(=CC(=O)C3OP4(=O)OC31O4)CC[C@@H]1[C@@H]2C(=O)C[C@@]2(C)[C@H]1CC[C@]2(O)C(=O)CO. The van der Waals surface area contributed by atoms with E-state index in [1.165, 1.54) is 6.08 Å². The lowest BCUT2D eigenvalue weighted by atomic mass is 9.44. The summed E-state index contributed by atoms with van der Waals surface area (Å²) in [5.41, 5.74) is -3.02. The molecule has 7 atom stereocenters. The van der Waals surface area contributed by atoms with Gasteiger partial charge in [0.2, 0.25) is 5.79 Å². The Hall–Kier alpha value is -1.22. The quantitative estimate of drug-likeness (QED) is 0.597. The van der Waals surface area contributed by atoms with E-state index in [0.29, 0.717) is 19.3 Å². The van der Waals surface area contributed by atoms with E-state index in [-0.39, 0.29) is 36.2 Å². The Morgan fingerprint density at radius 2 is 1.97 bits per heavy atom. The molecule has 7 rings (SSSR count). The molecule has 10 heteroatoms. The Bertz CT molecular complexity index is 1020. The van der Waals surface area contributed by atoms with Crippen molar-refractivity contribution in [3.63, 3.8) is 0 Å². The van der Waals surface area contributed by atoms with Crippen LogP contribution >= 0.6 is 7.82 Å². The third-order valence-corrected chi connectivity index (χ3v) is 10.9. The van der Waals surface area contributed by atoms with Crippen molar-refractivity contribution in [2.24, 2.45) is 28.6 Å². The Morgan fingerprint density at radius 3 is 2.65 bits per heavy atom. The lowest BCUT2D eigenvalue weighted by Gasteiger charge is -2.62. The first-order valence-electron chi connectivity index (χ1n) is 10.8. The largest absolute Gasteiger partial charge is 0.481 e. The third-order valence-electron chi connectivity index (χ3n) is 9.43. The third kappa shape index (κ3) is 1.99. The van der Waals surface area contributed by atoms with Gasteiger partial charge in [-0.2, -0.15) is 0 Å². The molecule has 4 aliphatic carbocycles. The summed E-state index contributed by atoms with van der Waals surface area (Å²) < 4.78 is 29.1. The minimum atomic E-state index is -3.78. The van der Waals surface area contributed by atoms with Crippen LogP contribution in [0.2, 0.25) is 0 Å². The van der Waals surface area contributed by atoms with Gasteiger partial charge in [0.1, 0.15) is 18.0 Å². The minimum absolute atomic E-state index is 0.0306. The molecule has 31 heavy (non-hydrogen) atoms. The van der Waals surface area contributed by atoms with E-state index in [2.05, 4.69) is 0 Å². The summed E-state index contributed by atoms with van der Waals surface area (Å²) in [5.74, 6) is -3.62. The summed E-state index contributed by atoms with van der Waals surface area (Å²) in [7, 11) is -3.78. The molecule has 0 radical (unpaired) electrons. The van der Waals surface area contributed by atoms with Crippen molar-refractivity contribution in [3.8, 4) is 0 Å². The maximum absolute atomic E-state index is 13.7. The summed E-state index contributed by atoms with van der Waals surface area (Å²) in [4.78, 5) is 38.9. The number of fused-ring (bicyclic) bond motifs is 5. The number of rotatable bonds is 2. The van der Waals surface area contributed by atoms with Gasteiger partial charge in [-0.1, -0.05) is 12.5 Å². The Kier molecular flexibility index (Phi) is 3.71. The molecule has 0 aromatic rings. The summed E-state index contributed by atoms with van der Waals surface area (Å²) >= 11 is 0. The molecule has 9 nitrogen and oxygen atoms in total. The lowest BCUT2D eigenvalue weighted by Crippen LogP contribution is -2.70. The molecule has 3 saturated heterocycles. The molecule has 0 amide bonds. The molecule has 1 spiro atoms. The van der Waals surface area contributed by atoms with Gasteiger partial charge in [0.05, 0.1) is 5.41 Å². The van der Waals surface area contributed by atoms with Crippen molar-refractivity contribution in [1.29, 1.82) is 0 Å². The molecule has 7 aliphatic rings. The number of carbonyl (C=O) groups excluding carboxylic acids is 3. The highest BCUT2D eigenvalue weighted by molar-refractivity contribution is 7.50. The number of phosphoric ester groups is 1. The number of hydrogen-bond donors (Lipinski definition) is 2. The molecule has 0 aromatic heterocycles. The smallest absolute Gasteiger partial charge is 0.388 e. The Morgan fingerprint density at radius 1 is 1.26 bits per heavy atom. The van der Waals surface area contributed by atoms with Crippen molar-refractivity contribution in [1.82, 2.24) is 0 Å². The van der Waals surface area contributed by atoms with Crippen LogP contribution in [0.5, 0.6) is 0 Å². The Balaban J connectivity index is 1.47. The molecule has 3 saturated carbocycles. The van der Waals surface area contributed by atoms with Crippen molar-refractivity contribution in [2.75, 3.05) is 6.61 Å². The van der Waals surface area contributed by atoms with Crippen LogP contribution in [0.3, 0.4) is 0 Å². The summed E-state index contributed by atoms with van der Waals surface area (Å²) in [6.07, 6.45) is 2.19. The van der Waals surface area contributed by atoms with E-state index >= 15 is 0 Å². The van der Waals surface area contributed by atoms with E-state index in [4.69, 9.17) is 13.6 Å².